The molecule has 0 bridgehead atoms. The molecule has 0 spiro atoms. The summed E-state index contributed by atoms with van der Waals surface area (Å²) < 4.78 is 57.0. The van der Waals surface area contributed by atoms with E-state index in [-0.39, 0.29) is 35.7 Å². The highest BCUT2D eigenvalue weighted by molar-refractivity contribution is 6.08. The molecular weight excluding hydrogens is 1710 g/mol. The van der Waals surface area contributed by atoms with Crippen molar-refractivity contribution >= 4 is 105 Å². The molecule has 0 radical (unpaired) electrons. The Hall–Kier alpha value is -18.1. The molecule has 0 atom stereocenters. The second-order valence-electron chi connectivity index (χ2n) is 35.8. The number of aryl methyl sites for hydroxylation is 3. The topological polar surface area (TPSA) is 9.72 Å². The van der Waals surface area contributed by atoms with Crippen molar-refractivity contribution in [3.8, 4) is 111 Å². The highest BCUT2D eigenvalue weighted by Gasteiger charge is 2.23. The summed E-state index contributed by atoms with van der Waals surface area (Å²) in [6.45, 7) is 6.32. The minimum atomic E-state index is -0.416. The Morgan fingerprint density at radius 3 is 0.766 bits per heavy atom. The molecular formula is C137H100FN3. The van der Waals surface area contributed by atoms with E-state index in [1.54, 1.807) is 4.90 Å². The maximum atomic E-state index is 14.2. The third kappa shape index (κ3) is 18.7. The molecule has 0 saturated heterocycles. The summed E-state index contributed by atoms with van der Waals surface area (Å²) in [4.78, 5) is 6.31. The number of nitrogens with zero attached hydrogens (tertiary/aromatic N) is 3. The summed E-state index contributed by atoms with van der Waals surface area (Å²) in [6.07, 6.45) is 0. The molecule has 4 heteroatoms. The first kappa shape index (κ1) is 82.4. The van der Waals surface area contributed by atoms with Gasteiger partial charge in [-0.05, 0) is 355 Å². The lowest BCUT2D eigenvalue weighted by atomic mass is 9.93. The summed E-state index contributed by atoms with van der Waals surface area (Å²) in [5.41, 5.74) is 34.7. The van der Waals surface area contributed by atoms with Crippen molar-refractivity contribution in [1.29, 1.82) is 0 Å². The van der Waals surface area contributed by atoms with Gasteiger partial charge in [0, 0.05) is 50.9 Å². The highest BCUT2D eigenvalue weighted by atomic mass is 19.1. The summed E-state index contributed by atoms with van der Waals surface area (Å²) in [6, 6.07) is 181. The average molecular weight is 1810 g/mol. The van der Waals surface area contributed by atoms with Crippen LogP contribution in [-0.2, 0) is 0 Å². The zero-order valence-electron chi connectivity index (χ0n) is 83.4. The second-order valence-corrected chi connectivity index (χ2v) is 35.8. The van der Waals surface area contributed by atoms with Crippen molar-refractivity contribution in [1.82, 2.24) is 0 Å². The first-order valence-electron chi connectivity index (χ1n) is 50.4. The summed E-state index contributed by atoms with van der Waals surface area (Å²) >= 11 is 0. The molecule has 24 rings (SSSR count). The molecule has 0 heterocycles. The molecule has 0 unspecified atom stereocenters. The van der Waals surface area contributed by atoms with Crippen LogP contribution < -0.4 is 14.7 Å². The van der Waals surface area contributed by atoms with E-state index in [1.807, 2.05) is 66.7 Å². The number of para-hydroxylation sites is 2. The van der Waals surface area contributed by atoms with Gasteiger partial charge in [0.05, 0.1) is 12.5 Å². The van der Waals surface area contributed by atoms with Crippen LogP contribution in [0.5, 0.6) is 0 Å². The van der Waals surface area contributed by atoms with Crippen LogP contribution in [-0.4, -0.2) is 0 Å². The van der Waals surface area contributed by atoms with Crippen LogP contribution in [0.15, 0.2) is 552 Å². The maximum Gasteiger partial charge on any atom is 0.123 e. The quantitative estimate of drug-likeness (QED) is 0.0799. The van der Waals surface area contributed by atoms with Gasteiger partial charge in [-0.2, -0.15) is 0 Å². The summed E-state index contributed by atoms with van der Waals surface area (Å²) in [5, 5.41) is 12.2. The normalized spacial score (nSPS) is 11.6. The molecule has 0 aromatic heterocycles. The van der Waals surface area contributed by atoms with E-state index in [0.29, 0.717) is 11.4 Å². The number of halogens is 1. The van der Waals surface area contributed by atoms with Gasteiger partial charge in [-0.25, -0.2) is 4.39 Å². The largest absolute Gasteiger partial charge is 0.311 e. The van der Waals surface area contributed by atoms with Gasteiger partial charge >= 0.3 is 0 Å². The molecule has 141 heavy (non-hydrogen) atoms. The van der Waals surface area contributed by atoms with E-state index in [2.05, 4.69) is 473 Å². The lowest BCUT2D eigenvalue weighted by Gasteiger charge is -2.27. The van der Waals surface area contributed by atoms with Gasteiger partial charge in [-0.3, -0.25) is 0 Å². The Labute approximate surface area is 831 Å². The van der Waals surface area contributed by atoms with E-state index in [1.165, 1.54) is 138 Å². The van der Waals surface area contributed by atoms with Crippen LogP contribution in [0.2, 0.25) is 0 Å². The summed E-state index contributed by atoms with van der Waals surface area (Å²) in [5.74, 6) is -0.259. The Balaban J connectivity index is 0.000000125. The third-order valence-corrected chi connectivity index (χ3v) is 26.7. The monoisotopic (exact) mass is 1810 g/mol. The van der Waals surface area contributed by atoms with Crippen LogP contribution in [0.25, 0.3) is 165 Å². The Morgan fingerprint density at radius 1 is 0.177 bits per heavy atom. The van der Waals surface area contributed by atoms with Crippen LogP contribution in [0.4, 0.5) is 55.6 Å². The number of hydrogen-bond acceptors (Lipinski definition) is 3. The Bertz CT molecular complexity index is 8670. The van der Waals surface area contributed by atoms with Crippen molar-refractivity contribution in [3.05, 3.63) is 574 Å². The van der Waals surface area contributed by atoms with Crippen molar-refractivity contribution < 1.29 is 11.2 Å². The zero-order valence-corrected chi connectivity index (χ0v) is 78.4. The predicted molar refractivity (Wildman–Crippen MR) is 599 cm³/mol. The van der Waals surface area contributed by atoms with Crippen LogP contribution in [0, 0.1) is 26.6 Å². The Morgan fingerprint density at radius 2 is 0.433 bits per heavy atom. The highest BCUT2D eigenvalue weighted by Crippen LogP contribution is 2.48. The molecule has 0 N–H and O–H groups in total. The van der Waals surface area contributed by atoms with E-state index in [9.17, 15) is 4.39 Å². The zero-order chi connectivity index (χ0) is 99.3. The van der Waals surface area contributed by atoms with E-state index < -0.39 is 6.04 Å². The van der Waals surface area contributed by atoms with Gasteiger partial charge in [0.25, 0.3) is 0 Å². The van der Waals surface area contributed by atoms with Gasteiger partial charge in [0.15, 0.2) is 0 Å². The molecule has 0 amide bonds. The fourth-order valence-corrected chi connectivity index (χ4v) is 20.1. The van der Waals surface area contributed by atoms with Crippen molar-refractivity contribution in [2.45, 2.75) is 20.8 Å². The van der Waals surface area contributed by atoms with Gasteiger partial charge < -0.3 is 14.7 Å². The fourth-order valence-electron chi connectivity index (χ4n) is 20.1. The molecule has 0 saturated carbocycles. The van der Waals surface area contributed by atoms with E-state index >= 15 is 0 Å². The lowest BCUT2D eigenvalue weighted by Crippen LogP contribution is -2.10. The minimum absolute atomic E-state index is 0.103. The number of fused-ring (bicyclic) bond motifs is 5. The average Bonchev–Trinajstić information content (AvgIpc) is 0.746. The molecule has 670 valence electrons. The maximum absolute atomic E-state index is 14.2. The second kappa shape index (κ2) is 40.1. The van der Waals surface area contributed by atoms with E-state index in [0.717, 1.165) is 89.6 Å². The Kier molecular flexibility index (Phi) is 23.4. The smallest absolute Gasteiger partial charge is 0.123 e. The van der Waals surface area contributed by atoms with Crippen LogP contribution in [0.1, 0.15) is 23.5 Å². The first-order chi connectivity index (χ1) is 71.6. The number of anilines is 9. The molecule has 3 nitrogen and oxygen atoms in total. The van der Waals surface area contributed by atoms with Crippen molar-refractivity contribution in [2.24, 2.45) is 0 Å². The number of rotatable bonds is 19. The van der Waals surface area contributed by atoms with Crippen LogP contribution >= 0.6 is 0 Å². The third-order valence-electron chi connectivity index (χ3n) is 26.7. The SMILES string of the molecule is Fc1ccc(N(c2ccc(-c3cc(-c4ccccc4)c4ccccc4c3)cc2)c2ccc(-c3cc(-c4ccccc4)c4ccccc4c3)cc2)cc1.[2H]c1c([2H])c([2H])c(N(c2ccc(-c3cc(-c4ccccc4)c4ccccc4c3)cc2)c2ccc(-c3c(C)cc(C)cc3C)cc2)c([2H])c1[2H].c1ccc(-c2cc(-c3ccc(N(c4ccccc4)c4ccc(-c5ccccc5)c5ccccc45)cc3)cc3ccccc23)cc1. The van der Waals surface area contributed by atoms with Gasteiger partial charge in [0.1, 0.15) is 5.82 Å². The van der Waals surface area contributed by atoms with Crippen molar-refractivity contribution in [2.75, 3.05) is 14.7 Å². The molecule has 0 fully saturated rings. The van der Waals surface area contributed by atoms with Crippen molar-refractivity contribution in [3.63, 3.8) is 0 Å². The fraction of sp³-hybridized carbons (Fsp3) is 0.0219. The number of hydrogen-bond donors (Lipinski definition) is 0. The van der Waals surface area contributed by atoms with Gasteiger partial charge in [0.2, 0.25) is 0 Å². The molecule has 0 aliphatic rings. The number of benzene rings is 24. The predicted octanol–water partition coefficient (Wildman–Crippen LogP) is 39.0. The standard InChI is InChI=1S/C50H34FN.C44H31N.C43H35N/c51-43-23-29-46(30-24-43)52(44-25-19-35(20-26-44)41-31-39-15-7-9-17-47(39)49(33-41)37-11-3-1-4-12-37)45-27-21-36(22-28-45)42-32-40-16-8-10-18-48(40)50(34-42)38-13-5-2-6-14-38;1-4-14-33(15-5-1)40-28-29-44(42-23-13-12-22-41(40)42)45(37-19-8-3-9-20-37)38-26-24-32(25-27-38)36-30-35-18-10-11-21-39(35)43(31-36)34-16-6-2-7-17-34;1-30-26-31(2)43(32(3)27-30)35-20-24-40(25-21-35)44(38-15-8-5-9-16-38)39-22-18-33(19-23-39)37-28-36-14-10-11-17-41(36)42(29-37)34-12-6-4-7-13-34/h1-34H;1-31H;4-29H,1-3H3/i;;5D,8D,9D,15D,16D. The summed E-state index contributed by atoms with van der Waals surface area (Å²) in [7, 11) is 0. The lowest BCUT2D eigenvalue weighted by molar-refractivity contribution is 0.628. The molecule has 0 aliphatic heterocycles. The van der Waals surface area contributed by atoms with Gasteiger partial charge in [-0.1, -0.05) is 394 Å². The van der Waals surface area contributed by atoms with E-state index in [4.69, 9.17) is 6.85 Å². The van der Waals surface area contributed by atoms with Crippen LogP contribution in [0.3, 0.4) is 0 Å². The first-order valence-corrected chi connectivity index (χ1v) is 47.9. The van der Waals surface area contributed by atoms with Gasteiger partial charge in [-0.15, -0.1) is 0 Å². The molecule has 24 aromatic rings. The molecule has 24 aromatic carbocycles. The minimum Gasteiger partial charge on any atom is -0.311 e. The molecule has 0 aliphatic carbocycles.